The van der Waals surface area contributed by atoms with Crippen molar-refractivity contribution in [2.24, 2.45) is 5.41 Å². The molecule has 0 amide bonds. The van der Waals surface area contributed by atoms with E-state index in [-0.39, 0.29) is 23.1 Å². The largest absolute Gasteiger partial charge is 0.482 e. The summed E-state index contributed by atoms with van der Waals surface area (Å²) in [5.74, 6) is 0.0633. The Kier molecular flexibility index (Phi) is 4.46. The molecule has 1 aliphatic carbocycles. The monoisotopic (exact) mass is 293 g/mol. The predicted octanol–water partition coefficient (Wildman–Crippen LogP) is 2.84. The summed E-state index contributed by atoms with van der Waals surface area (Å²) in [6, 6.07) is 3.77. The summed E-state index contributed by atoms with van der Waals surface area (Å²) in [6.45, 7) is 9.10. The van der Waals surface area contributed by atoms with Crippen molar-refractivity contribution in [3.05, 3.63) is 27.9 Å². The zero-order valence-corrected chi connectivity index (χ0v) is 13.0. The second-order valence-corrected chi connectivity index (χ2v) is 6.20. The standard InChI is InChI=1S/C15H23N3O3/c1-5-8-16-12-9-13(15(12,3)4)21-11-7-6-10(2)17-14(11)18(19)20/h6-7,12-13,16H,5,8-9H2,1-4H3. The van der Waals surface area contributed by atoms with E-state index in [4.69, 9.17) is 4.74 Å². The van der Waals surface area contributed by atoms with Gasteiger partial charge in [0.25, 0.3) is 0 Å². The van der Waals surface area contributed by atoms with E-state index in [9.17, 15) is 10.1 Å². The SMILES string of the molecule is CCCNC1CC(Oc2ccc(C)nc2[N+](=O)[O-])C1(C)C. The molecule has 1 aromatic rings. The number of aryl methyl sites for hydroxylation is 1. The molecule has 0 aliphatic heterocycles. The van der Waals surface area contributed by atoms with Crippen LogP contribution < -0.4 is 10.1 Å². The average Bonchev–Trinajstić information content (AvgIpc) is 2.43. The van der Waals surface area contributed by atoms with Crippen LogP contribution in [0.15, 0.2) is 12.1 Å². The van der Waals surface area contributed by atoms with Gasteiger partial charge in [0.05, 0.1) is 0 Å². The third kappa shape index (κ3) is 3.15. The maximum absolute atomic E-state index is 11.1. The Labute approximate surface area is 125 Å². The first kappa shape index (κ1) is 15.7. The highest BCUT2D eigenvalue weighted by Crippen LogP contribution is 2.44. The Morgan fingerprint density at radius 2 is 2.24 bits per heavy atom. The number of rotatable bonds is 6. The summed E-state index contributed by atoms with van der Waals surface area (Å²) in [7, 11) is 0. The number of nitrogens with one attached hydrogen (secondary N) is 1. The molecule has 2 rings (SSSR count). The number of hydrogen-bond donors (Lipinski definition) is 1. The summed E-state index contributed by atoms with van der Waals surface area (Å²) in [6.07, 6.45) is 1.92. The van der Waals surface area contributed by atoms with E-state index in [1.165, 1.54) is 0 Å². The van der Waals surface area contributed by atoms with Crippen molar-refractivity contribution in [2.75, 3.05) is 6.54 Å². The van der Waals surface area contributed by atoms with E-state index >= 15 is 0 Å². The number of hydrogen-bond acceptors (Lipinski definition) is 5. The molecule has 116 valence electrons. The molecule has 2 unspecified atom stereocenters. The number of ether oxygens (including phenoxy) is 1. The highest BCUT2D eigenvalue weighted by atomic mass is 16.6. The van der Waals surface area contributed by atoms with Gasteiger partial charge < -0.3 is 20.2 Å². The molecule has 1 fully saturated rings. The van der Waals surface area contributed by atoms with E-state index < -0.39 is 4.92 Å². The maximum atomic E-state index is 11.1. The third-order valence-electron chi connectivity index (χ3n) is 4.24. The normalized spacial score (nSPS) is 23.4. The van der Waals surface area contributed by atoms with Crippen LogP contribution in [0.2, 0.25) is 0 Å². The molecular weight excluding hydrogens is 270 g/mol. The Morgan fingerprint density at radius 3 is 2.81 bits per heavy atom. The third-order valence-corrected chi connectivity index (χ3v) is 4.24. The number of nitro groups is 1. The topological polar surface area (TPSA) is 77.3 Å². The van der Waals surface area contributed by atoms with Gasteiger partial charge in [0.15, 0.2) is 0 Å². The highest BCUT2D eigenvalue weighted by molar-refractivity contribution is 5.40. The van der Waals surface area contributed by atoms with Crippen LogP contribution in [0.25, 0.3) is 0 Å². The number of nitrogens with zero attached hydrogens (tertiary/aromatic N) is 2. The fraction of sp³-hybridized carbons (Fsp3) is 0.667. The minimum atomic E-state index is -0.485. The first-order valence-corrected chi connectivity index (χ1v) is 7.38. The van der Waals surface area contributed by atoms with Gasteiger partial charge in [-0.2, -0.15) is 0 Å². The smallest absolute Gasteiger partial charge is 0.406 e. The second-order valence-electron chi connectivity index (χ2n) is 6.20. The summed E-state index contributed by atoms with van der Waals surface area (Å²) < 4.78 is 5.88. The maximum Gasteiger partial charge on any atom is 0.406 e. The fourth-order valence-electron chi connectivity index (χ4n) is 2.66. The van der Waals surface area contributed by atoms with Crippen molar-refractivity contribution in [1.29, 1.82) is 0 Å². The van der Waals surface area contributed by atoms with Crippen molar-refractivity contribution in [2.45, 2.75) is 52.7 Å². The van der Waals surface area contributed by atoms with Gasteiger partial charge in [0.2, 0.25) is 5.75 Å². The Hall–Kier alpha value is -1.69. The molecular formula is C15H23N3O3. The lowest BCUT2D eigenvalue weighted by Crippen LogP contribution is -2.62. The van der Waals surface area contributed by atoms with E-state index in [0.717, 1.165) is 19.4 Å². The summed E-state index contributed by atoms with van der Waals surface area (Å²) in [5, 5.41) is 14.6. The van der Waals surface area contributed by atoms with E-state index in [1.807, 2.05) is 0 Å². The lowest BCUT2D eigenvalue weighted by molar-refractivity contribution is -0.391. The number of aromatic nitrogens is 1. The fourth-order valence-corrected chi connectivity index (χ4v) is 2.66. The van der Waals surface area contributed by atoms with Crippen LogP contribution in [0.5, 0.6) is 5.75 Å². The van der Waals surface area contributed by atoms with Crippen LogP contribution in [-0.4, -0.2) is 28.6 Å². The first-order chi connectivity index (χ1) is 9.86. The summed E-state index contributed by atoms with van der Waals surface area (Å²) in [4.78, 5) is 14.6. The van der Waals surface area contributed by atoms with Crippen LogP contribution in [0.3, 0.4) is 0 Å². The van der Waals surface area contributed by atoms with Crippen LogP contribution in [0.4, 0.5) is 5.82 Å². The van der Waals surface area contributed by atoms with Crippen LogP contribution in [0, 0.1) is 22.5 Å². The molecule has 1 heterocycles. The average molecular weight is 293 g/mol. The van der Waals surface area contributed by atoms with Gasteiger partial charge in [-0.15, -0.1) is 0 Å². The Bertz CT molecular complexity index is 531. The van der Waals surface area contributed by atoms with Gasteiger partial charge in [-0.05, 0) is 35.0 Å². The molecule has 2 atom stereocenters. The Morgan fingerprint density at radius 1 is 1.52 bits per heavy atom. The lowest BCUT2D eigenvalue weighted by atomic mass is 9.64. The van der Waals surface area contributed by atoms with E-state index in [2.05, 4.69) is 31.1 Å². The molecule has 0 aromatic carbocycles. The van der Waals surface area contributed by atoms with Crippen molar-refractivity contribution in [1.82, 2.24) is 10.3 Å². The number of pyridine rings is 1. The highest BCUT2D eigenvalue weighted by Gasteiger charge is 2.50. The molecule has 1 aromatic heterocycles. The molecule has 0 spiro atoms. The Balaban J connectivity index is 2.08. The molecule has 21 heavy (non-hydrogen) atoms. The minimum Gasteiger partial charge on any atom is -0.482 e. The molecule has 0 radical (unpaired) electrons. The van der Waals surface area contributed by atoms with Gasteiger partial charge in [-0.25, -0.2) is 0 Å². The van der Waals surface area contributed by atoms with E-state index in [1.54, 1.807) is 19.1 Å². The second kappa shape index (κ2) is 5.97. The molecule has 0 saturated heterocycles. The predicted molar refractivity (Wildman–Crippen MR) is 80.5 cm³/mol. The van der Waals surface area contributed by atoms with Crippen LogP contribution in [0.1, 0.15) is 39.3 Å². The van der Waals surface area contributed by atoms with Gasteiger partial charge >= 0.3 is 5.82 Å². The quantitative estimate of drug-likeness (QED) is 0.644. The summed E-state index contributed by atoms with van der Waals surface area (Å²) >= 11 is 0. The van der Waals surface area contributed by atoms with Crippen molar-refractivity contribution in [3.63, 3.8) is 0 Å². The zero-order valence-electron chi connectivity index (χ0n) is 13.0. The summed E-state index contributed by atoms with van der Waals surface area (Å²) in [5.41, 5.74) is 0.567. The molecule has 1 N–H and O–H groups in total. The van der Waals surface area contributed by atoms with E-state index in [0.29, 0.717) is 11.7 Å². The van der Waals surface area contributed by atoms with Gasteiger partial charge in [0, 0.05) is 24.8 Å². The first-order valence-electron chi connectivity index (χ1n) is 7.38. The van der Waals surface area contributed by atoms with Crippen molar-refractivity contribution >= 4 is 5.82 Å². The molecule has 1 saturated carbocycles. The zero-order chi connectivity index (χ0) is 15.6. The molecule has 1 aliphatic rings. The van der Waals surface area contributed by atoms with Gasteiger partial charge in [-0.3, -0.25) is 0 Å². The molecule has 6 heteroatoms. The molecule has 0 bridgehead atoms. The van der Waals surface area contributed by atoms with Crippen LogP contribution >= 0.6 is 0 Å². The van der Waals surface area contributed by atoms with Crippen molar-refractivity contribution < 1.29 is 9.66 Å². The lowest BCUT2D eigenvalue weighted by Gasteiger charge is -2.51. The minimum absolute atomic E-state index is 0.0323. The van der Waals surface area contributed by atoms with Crippen molar-refractivity contribution in [3.8, 4) is 5.75 Å². The van der Waals surface area contributed by atoms with Gasteiger partial charge in [-0.1, -0.05) is 20.8 Å². The molecule has 6 nitrogen and oxygen atoms in total. The van der Waals surface area contributed by atoms with Gasteiger partial charge in [0.1, 0.15) is 11.8 Å². The van der Waals surface area contributed by atoms with Crippen LogP contribution in [-0.2, 0) is 0 Å².